The number of hydrogen-bond donors (Lipinski definition) is 2. The van der Waals surface area contributed by atoms with Crippen LogP contribution in [0.1, 0.15) is 23.5 Å². The maximum absolute atomic E-state index is 12.2. The molecule has 0 aromatic carbocycles. The quantitative estimate of drug-likeness (QED) is 0.809. The van der Waals surface area contributed by atoms with Gasteiger partial charge in [-0.3, -0.25) is 9.59 Å². The standard InChI is InChI=1S/C12H16N2O4S/c1-8(12(17)18)14(6-5-13-9(2)15)11(16)10-4-3-7-19-10/h3-4,7-8H,5-6H2,1-2H3,(H,13,15)(H,17,18). The Labute approximate surface area is 115 Å². The van der Waals surface area contributed by atoms with E-state index in [0.29, 0.717) is 4.88 Å². The van der Waals surface area contributed by atoms with Crippen molar-refractivity contribution in [3.63, 3.8) is 0 Å². The zero-order chi connectivity index (χ0) is 14.4. The van der Waals surface area contributed by atoms with Crippen LogP contribution in [0.4, 0.5) is 0 Å². The first-order valence-electron chi connectivity index (χ1n) is 5.75. The summed E-state index contributed by atoms with van der Waals surface area (Å²) in [6, 6.07) is 2.44. The van der Waals surface area contributed by atoms with Crippen molar-refractivity contribution in [2.24, 2.45) is 0 Å². The molecule has 0 saturated carbocycles. The van der Waals surface area contributed by atoms with Crippen LogP contribution < -0.4 is 5.32 Å². The smallest absolute Gasteiger partial charge is 0.326 e. The first kappa shape index (κ1) is 15.2. The summed E-state index contributed by atoms with van der Waals surface area (Å²) >= 11 is 1.26. The predicted octanol–water partition coefficient (Wildman–Crippen LogP) is 0.799. The van der Waals surface area contributed by atoms with Crippen LogP contribution in [-0.4, -0.2) is 46.9 Å². The Morgan fingerprint density at radius 3 is 2.63 bits per heavy atom. The van der Waals surface area contributed by atoms with Crippen molar-refractivity contribution >= 4 is 29.1 Å². The van der Waals surface area contributed by atoms with E-state index in [9.17, 15) is 14.4 Å². The largest absolute Gasteiger partial charge is 0.480 e. The van der Waals surface area contributed by atoms with Crippen LogP contribution in [0.3, 0.4) is 0 Å². The highest BCUT2D eigenvalue weighted by Gasteiger charge is 2.26. The molecule has 0 radical (unpaired) electrons. The molecule has 0 bridgehead atoms. The van der Waals surface area contributed by atoms with Crippen molar-refractivity contribution in [3.8, 4) is 0 Å². The first-order valence-corrected chi connectivity index (χ1v) is 6.63. The van der Waals surface area contributed by atoms with Gasteiger partial charge < -0.3 is 15.3 Å². The Morgan fingerprint density at radius 1 is 1.47 bits per heavy atom. The van der Waals surface area contributed by atoms with Crippen LogP contribution in [0.25, 0.3) is 0 Å². The van der Waals surface area contributed by atoms with E-state index in [4.69, 9.17) is 5.11 Å². The van der Waals surface area contributed by atoms with Crippen molar-refractivity contribution in [3.05, 3.63) is 22.4 Å². The lowest BCUT2D eigenvalue weighted by Gasteiger charge is -2.26. The number of nitrogens with zero attached hydrogens (tertiary/aromatic N) is 1. The minimum atomic E-state index is -1.08. The summed E-state index contributed by atoms with van der Waals surface area (Å²) in [5, 5.41) is 13.3. The zero-order valence-corrected chi connectivity index (χ0v) is 11.6. The molecule has 0 spiro atoms. The fraction of sp³-hybridized carbons (Fsp3) is 0.417. The number of thiophene rings is 1. The Bertz CT molecular complexity index is 458. The number of carbonyl (C=O) groups excluding carboxylic acids is 2. The number of carboxylic acid groups (broad SMARTS) is 1. The van der Waals surface area contributed by atoms with E-state index in [1.807, 2.05) is 0 Å². The summed E-state index contributed by atoms with van der Waals surface area (Å²) in [6.45, 7) is 3.20. The molecule has 1 rings (SSSR count). The predicted molar refractivity (Wildman–Crippen MR) is 71.1 cm³/mol. The molecule has 0 aliphatic carbocycles. The minimum Gasteiger partial charge on any atom is -0.480 e. The second kappa shape index (κ2) is 6.89. The molecule has 7 heteroatoms. The molecule has 1 heterocycles. The van der Waals surface area contributed by atoms with Crippen LogP contribution in [-0.2, 0) is 9.59 Å². The minimum absolute atomic E-state index is 0.157. The number of carboxylic acids is 1. The molecule has 1 atom stereocenters. The van der Waals surface area contributed by atoms with E-state index in [0.717, 1.165) is 0 Å². The Balaban J connectivity index is 2.77. The summed E-state index contributed by atoms with van der Waals surface area (Å²) in [7, 11) is 0. The van der Waals surface area contributed by atoms with Gasteiger partial charge in [-0.2, -0.15) is 0 Å². The number of aliphatic carboxylic acids is 1. The van der Waals surface area contributed by atoms with Gasteiger partial charge in [0.2, 0.25) is 5.91 Å². The van der Waals surface area contributed by atoms with E-state index in [2.05, 4.69) is 5.32 Å². The van der Waals surface area contributed by atoms with Gasteiger partial charge in [0.25, 0.3) is 5.91 Å². The molecular weight excluding hydrogens is 268 g/mol. The van der Waals surface area contributed by atoms with Gasteiger partial charge in [-0.1, -0.05) is 6.07 Å². The van der Waals surface area contributed by atoms with Gasteiger partial charge in [-0.15, -0.1) is 11.3 Å². The summed E-state index contributed by atoms with van der Waals surface area (Å²) < 4.78 is 0. The van der Waals surface area contributed by atoms with Crippen molar-refractivity contribution in [2.45, 2.75) is 19.9 Å². The number of nitrogens with one attached hydrogen (secondary N) is 1. The molecule has 2 amide bonds. The lowest BCUT2D eigenvalue weighted by atomic mass is 10.2. The third kappa shape index (κ3) is 4.36. The fourth-order valence-corrected chi connectivity index (χ4v) is 2.18. The van der Waals surface area contributed by atoms with E-state index in [1.165, 1.54) is 30.1 Å². The summed E-state index contributed by atoms with van der Waals surface area (Å²) in [5.41, 5.74) is 0. The summed E-state index contributed by atoms with van der Waals surface area (Å²) in [4.78, 5) is 35.7. The molecule has 0 fully saturated rings. The summed E-state index contributed by atoms with van der Waals surface area (Å²) in [5.74, 6) is -1.63. The molecule has 1 aromatic rings. The Kier molecular flexibility index (Phi) is 5.50. The molecular formula is C12H16N2O4S. The highest BCUT2D eigenvalue weighted by Crippen LogP contribution is 2.14. The van der Waals surface area contributed by atoms with Crippen molar-refractivity contribution < 1.29 is 19.5 Å². The van der Waals surface area contributed by atoms with Crippen molar-refractivity contribution in [1.82, 2.24) is 10.2 Å². The molecule has 0 saturated heterocycles. The molecule has 0 aliphatic rings. The summed E-state index contributed by atoms with van der Waals surface area (Å²) in [6.07, 6.45) is 0. The maximum Gasteiger partial charge on any atom is 0.326 e. The average Bonchev–Trinajstić information content (AvgIpc) is 2.86. The molecule has 104 valence electrons. The van der Waals surface area contributed by atoms with Crippen molar-refractivity contribution in [1.29, 1.82) is 0 Å². The highest BCUT2D eigenvalue weighted by atomic mass is 32.1. The van der Waals surface area contributed by atoms with Gasteiger partial charge in [-0.25, -0.2) is 4.79 Å². The zero-order valence-electron chi connectivity index (χ0n) is 10.8. The van der Waals surface area contributed by atoms with Crippen LogP contribution in [0.15, 0.2) is 17.5 Å². The van der Waals surface area contributed by atoms with E-state index in [1.54, 1.807) is 17.5 Å². The van der Waals surface area contributed by atoms with Gasteiger partial charge in [0.1, 0.15) is 6.04 Å². The van der Waals surface area contributed by atoms with E-state index >= 15 is 0 Å². The normalized spacial score (nSPS) is 11.7. The van der Waals surface area contributed by atoms with Gasteiger partial charge in [-0.05, 0) is 18.4 Å². The van der Waals surface area contributed by atoms with Crippen LogP contribution in [0.2, 0.25) is 0 Å². The molecule has 19 heavy (non-hydrogen) atoms. The molecule has 0 aliphatic heterocycles. The monoisotopic (exact) mass is 284 g/mol. The molecule has 1 unspecified atom stereocenters. The third-order valence-electron chi connectivity index (χ3n) is 2.54. The van der Waals surface area contributed by atoms with Gasteiger partial charge in [0, 0.05) is 20.0 Å². The van der Waals surface area contributed by atoms with Gasteiger partial charge in [0.15, 0.2) is 0 Å². The second-order valence-corrected chi connectivity index (χ2v) is 4.92. The van der Waals surface area contributed by atoms with E-state index in [-0.39, 0.29) is 24.9 Å². The molecule has 6 nitrogen and oxygen atoms in total. The number of carbonyl (C=O) groups is 3. The number of rotatable bonds is 6. The fourth-order valence-electron chi connectivity index (χ4n) is 1.50. The number of amides is 2. The highest BCUT2D eigenvalue weighted by molar-refractivity contribution is 7.12. The SMILES string of the molecule is CC(=O)NCCN(C(=O)c1cccs1)C(C)C(=O)O. The van der Waals surface area contributed by atoms with Crippen LogP contribution in [0, 0.1) is 0 Å². The van der Waals surface area contributed by atoms with Crippen molar-refractivity contribution in [2.75, 3.05) is 13.1 Å². The third-order valence-corrected chi connectivity index (χ3v) is 3.40. The van der Waals surface area contributed by atoms with Crippen LogP contribution >= 0.6 is 11.3 Å². The van der Waals surface area contributed by atoms with Crippen LogP contribution in [0.5, 0.6) is 0 Å². The Morgan fingerprint density at radius 2 is 2.16 bits per heavy atom. The Hall–Kier alpha value is -1.89. The van der Waals surface area contributed by atoms with Gasteiger partial charge >= 0.3 is 5.97 Å². The average molecular weight is 284 g/mol. The second-order valence-electron chi connectivity index (χ2n) is 3.97. The lowest BCUT2D eigenvalue weighted by Crippen LogP contribution is -2.46. The van der Waals surface area contributed by atoms with E-state index < -0.39 is 12.0 Å². The first-order chi connectivity index (χ1) is 8.93. The number of hydrogen-bond acceptors (Lipinski definition) is 4. The van der Waals surface area contributed by atoms with Gasteiger partial charge in [0.05, 0.1) is 4.88 Å². The lowest BCUT2D eigenvalue weighted by molar-refractivity contribution is -0.141. The molecule has 2 N–H and O–H groups in total. The maximum atomic E-state index is 12.2. The topological polar surface area (TPSA) is 86.7 Å². The molecule has 1 aromatic heterocycles.